The first-order valence-corrected chi connectivity index (χ1v) is 12.2. The number of benzene rings is 3. The van der Waals surface area contributed by atoms with Gasteiger partial charge in [-0.05, 0) is 60.2 Å². The van der Waals surface area contributed by atoms with E-state index in [0.717, 1.165) is 25.2 Å². The molecule has 38 heavy (non-hydrogen) atoms. The number of nitrogen functional groups attached to an aromatic ring is 1. The minimum Gasteiger partial charge on any atom is -0.383 e. The molecule has 1 aliphatic rings. The molecule has 1 fully saturated rings. The lowest BCUT2D eigenvalue weighted by atomic mass is 10.1. The van der Waals surface area contributed by atoms with Gasteiger partial charge in [-0.2, -0.15) is 4.98 Å². The zero-order valence-corrected chi connectivity index (χ0v) is 20.4. The number of hydrogen-bond donors (Lipinski definition) is 1. The fourth-order valence-electron chi connectivity index (χ4n) is 4.72. The van der Waals surface area contributed by atoms with Crippen LogP contribution in [-0.2, 0) is 6.54 Å². The molecule has 0 saturated carbocycles. The topological polar surface area (TPSA) is 76.1 Å². The highest BCUT2D eigenvalue weighted by molar-refractivity contribution is 5.99. The zero-order chi connectivity index (χ0) is 26.2. The first-order valence-electron chi connectivity index (χ1n) is 12.2. The van der Waals surface area contributed by atoms with Crippen molar-refractivity contribution in [2.24, 2.45) is 0 Å². The second-order valence-corrected chi connectivity index (χ2v) is 9.24. The molecule has 0 unspecified atom stereocenters. The summed E-state index contributed by atoms with van der Waals surface area (Å²) in [5.74, 6) is -0.267. The molecule has 0 radical (unpaired) electrons. The molecule has 5 aromatic rings. The molecule has 0 spiro atoms. The highest BCUT2D eigenvalue weighted by Crippen LogP contribution is 2.34. The van der Waals surface area contributed by atoms with Gasteiger partial charge in [0.05, 0.1) is 16.8 Å². The van der Waals surface area contributed by atoms with Crippen molar-refractivity contribution in [3.63, 3.8) is 0 Å². The number of nitrogens with zero attached hydrogens (tertiary/aromatic N) is 6. The van der Waals surface area contributed by atoms with Crippen molar-refractivity contribution >= 4 is 22.8 Å². The van der Waals surface area contributed by atoms with Crippen LogP contribution in [0, 0.1) is 17.5 Å². The molecule has 192 valence electrons. The van der Waals surface area contributed by atoms with Gasteiger partial charge in [0, 0.05) is 38.3 Å². The Hall–Kier alpha value is -4.44. The van der Waals surface area contributed by atoms with E-state index in [2.05, 4.69) is 14.9 Å². The summed E-state index contributed by atoms with van der Waals surface area (Å²) < 4.78 is 42.3. The lowest BCUT2D eigenvalue weighted by Crippen LogP contribution is -2.46. The van der Waals surface area contributed by atoms with Crippen LogP contribution in [0.25, 0.3) is 28.0 Å². The van der Waals surface area contributed by atoms with Crippen molar-refractivity contribution in [2.45, 2.75) is 6.54 Å². The normalized spacial score (nSPS) is 14.3. The van der Waals surface area contributed by atoms with E-state index in [9.17, 15) is 13.2 Å². The Morgan fingerprint density at radius 2 is 1.45 bits per heavy atom. The molecule has 1 aliphatic heterocycles. The second kappa shape index (κ2) is 9.79. The first kappa shape index (κ1) is 23.9. The van der Waals surface area contributed by atoms with Gasteiger partial charge in [-0.1, -0.05) is 18.2 Å². The van der Waals surface area contributed by atoms with Crippen LogP contribution in [0.3, 0.4) is 0 Å². The SMILES string of the molecule is Nc1c2c(-c3ccc(F)cc3)nc(N3CCN(Cc4ccc(F)cc4)CC3)nc2nn1-c1cccc(F)c1. The summed E-state index contributed by atoms with van der Waals surface area (Å²) in [5.41, 5.74) is 9.57. The predicted octanol–water partition coefficient (Wildman–Crippen LogP) is 4.80. The number of rotatable bonds is 5. The summed E-state index contributed by atoms with van der Waals surface area (Å²) in [4.78, 5) is 13.9. The van der Waals surface area contributed by atoms with Crippen LogP contribution < -0.4 is 10.6 Å². The van der Waals surface area contributed by atoms with Crippen LogP contribution in [-0.4, -0.2) is 50.8 Å². The summed E-state index contributed by atoms with van der Waals surface area (Å²) in [6.45, 7) is 3.61. The number of hydrogen-bond acceptors (Lipinski definition) is 6. The van der Waals surface area contributed by atoms with Crippen LogP contribution in [0.15, 0.2) is 72.8 Å². The van der Waals surface area contributed by atoms with Gasteiger partial charge >= 0.3 is 0 Å². The number of piperazine rings is 1. The Kier molecular flexibility index (Phi) is 6.16. The number of halogens is 3. The van der Waals surface area contributed by atoms with Crippen molar-refractivity contribution in [1.29, 1.82) is 0 Å². The van der Waals surface area contributed by atoms with Gasteiger partial charge < -0.3 is 10.6 Å². The molecule has 0 aliphatic carbocycles. The van der Waals surface area contributed by atoms with Crippen LogP contribution in [0.1, 0.15) is 5.56 Å². The molecule has 3 aromatic carbocycles. The smallest absolute Gasteiger partial charge is 0.228 e. The molecule has 10 heteroatoms. The molecule has 7 nitrogen and oxygen atoms in total. The molecule has 1 saturated heterocycles. The van der Waals surface area contributed by atoms with Crippen LogP contribution in [0.4, 0.5) is 24.9 Å². The average molecular weight is 516 g/mol. The minimum atomic E-state index is -0.412. The van der Waals surface area contributed by atoms with Gasteiger partial charge in [0.2, 0.25) is 5.95 Å². The fraction of sp³-hybridized carbons (Fsp3) is 0.179. The van der Waals surface area contributed by atoms with Crippen molar-refractivity contribution in [2.75, 3.05) is 36.8 Å². The summed E-state index contributed by atoms with van der Waals surface area (Å²) in [7, 11) is 0. The van der Waals surface area contributed by atoms with E-state index in [1.165, 1.54) is 41.1 Å². The molecule has 0 bridgehead atoms. The van der Waals surface area contributed by atoms with Gasteiger partial charge in [0.15, 0.2) is 5.65 Å². The third kappa shape index (κ3) is 4.66. The third-order valence-electron chi connectivity index (χ3n) is 6.70. The van der Waals surface area contributed by atoms with E-state index in [1.54, 1.807) is 36.4 Å². The summed E-state index contributed by atoms with van der Waals surface area (Å²) in [6.07, 6.45) is 0. The van der Waals surface area contributed by atoms with Gasteiger partial charge in [-0.25, -0.2) is 22.8 Å². The fourth-order valence-corrected chi connectivity index (χ4v) is 4.72. The van der Waals surface area contributed by atoms with Gasteiger partial charge in [-0.3, -0.25) is 4.90 Å². The van der Waals surface area contributed by atoms with Crippen LogP contribution >= 0.6 is 0 Å². The Labute approximate surface area is 217 Å². The minimum absolute atomic E-state index is 0.247. The van der Waals surface area contributed by atoms with Gasteiger partial charge in [0.1, 0.15) is 23.3 Å². The van der Waals surface area contributed by atoms with E-state index in [-0.39, 0.29) is 17.5 Å². The van der Waals surface area contributed by atoms with Crippen LogP contribution in [0.2, 0.25) is 0 Å². The number of nitrogens with two attached hydrogens (primary N) is 1. The first-order chi connectivity index (χ1) is 18.4. The maximum atomic E-state index is 13.9. The molecule has 6 rings (SSSR count). The van der Waals surface area contributed by atoms with Crippen molar-refractivity contribution in [3.05, 3.63) is 95.8 Å². The Balaban J connectivity index is 1.35. The van der Waals surface area contributed by atoms with Crippen LogP contribution in [0.5, 0.6) is 0 Å². The predicted molar refractivity (Wildman–Crippen MR) is 140 cm³/mol. The second-order valence-electron chi connectivity index (χ2n) is 9.24. The Morgan fingerprint density at radius 3 is 2.13 bits per heavy atom. The summed E-state index contributed by atoms with van der Waals surface area (Å²) >= 11 is 0. The van der Waals surface area contributed by atoms with E-state index >= 15 is 0 Å². The molecule has 0 amide bonds. The highest BCUT2D eigenvalue weighted by Gasteiger charge is 2.24. The summed E-state index contributed by atoms with van der Waals surface area (Å²) in [5, 5.41) is 5.11. The van der Waals surface area contributed by atoms with Gasteiger partial charge in [0.25, 0.3) is 0 Å². The third-order valence-corrected chi connectivity index (χ3v) is 6.70. The van der Waals surface area contributed by atoms with Gasteiger partial charge in [-0.15, -0.1) is 5.10 Å². The van der Waals surface area contributed by atoms with Crippen molar-refractivity contribution in [1.82, 2.24) is 24.6 Å². The number of fused-ring (bicyclic) bond motifs is 1. The number of anilines is 2. The largest absolute Gasteiger partial charge is 0.383 e. The Bertz CT molecular complexity index is 1590. The average Bonchev–Trinajstić information content (AvgIpc) is 3.27. The van der Waals surface area contributed by atoms with Crippen molar-refractivity contribution < 1.29 is 13.2 Å². The molecule has 3 heterocycles. The molecule has 2 N–H and O–H groups in total. The molecular weight excluding hydrogens is 491 g/mol. The standard InChI is InChI=1S/C28H24F3N7/c29-20-8-4-18(5-9-20)17-36-12-14-37(15-13-36)28-33-25(19-6-10-21(30)11-7-19)24-26(32)38(35-27(24)34-28)23-3-1-2-22(31)16-23/h1-11,16H,12-15,17,32H2. The molecule has 2 aromatic heterocycles. The van der Waals surface area contributed by atoms with E-state index in [4.69, 9.17) is 15.7 Å². The number of aromatic nitrogens is 4. The maximum absolute atomic E-state index is 13.9. The van der Waals surface area contributed by atoms with E-state index < -0.39 is 5.82 Å². The summed E-state index contributed by atoms with van der Waals surface area (Å²) in [6, 6.07) is 18.5. The monoisotopic (exact) mass is 515 g/mol. The maximum Gasteiger partial charge on any atom is 0.228 e. The lowest BCUT2D eigenvalue weighted by molar-refractivity contribution is 0.248. The molecule has 0 atom stereocenters. The van der Waals surface area contributed by atoms with E-state index in [1.807, 2.05) is 0 Å². The zero-order valence-electron chi connectivity index (χ0n) is 20.4. The lowest BCUT2D eigenvalue weighted by Gasteiger charge is -2.34. The molecular formula is C28H24F3N7. The highest BCUT2D eigenvalue weighted by atomic mass is 19.1. The van der Waals surface area contributed by atoms with E-state index in [0.29, 0.717) is 47.0 Å². The Morgan fingerprint density at radius 1 is 0.763 bits per heavy atom. The quantitative estimate of drug-likeness (QED) is 0.362. The van der Waals surface area contributed by atoms with Crippen molar-refractivity contribution in [3.8, 4) is 16.9 Å².